The van der Waals surface area contributed by atoms with Gasteiger partial charge in [-0.3, -0.25) is 9.59 Å². The zero-order valence-electron chi connectivity index (χ0n) is 9.81. The minimum Gasteiger partial charge on any atom is -0.368 e. The molecular weight excluding hydrogens is 240 g/mol. The molecule has 0 saturated carbocycles. The summed E-state index contributed by atoms with van der Waals surface area (Å²) in [6.45, 7) is 3.88. The standard InChI is InChI=1S/C12H15ClN2O2/c1-8(2)15(6-12(14)17)11-5-10(13)4-3-9(11)7-16/h3-5,7-8H,6H2,1-2H3,(H2,14,17). The number of primary amides is 1. The molecule has 1 aromatic rings. The quantitative estimate of drug-likeness (QED) is 0.816. The Morgan fingerprint density at radius 1 is 1.53 bits per heavy atom. The number of nitrogens with zero attached hydrogens (tertiary/aromatic N) is 1. The van der Waals surface area contributed by atoms with Crippen LogP contribution in [0.4, 0.5) is 5.69 Å². The van der Waals surface area contributed by atoms with Crippen molar-refractivity contribution >= 4 is 29.5 Å². The second-order valence-corrected chi connectivity index (χ2v) is 4.45. The zero-order valence-corrected chi connectivity index (χ0v) is 10.6. The molecule has 0 bridgehead atoms. The molecule has 0 aromatic heterocycles. The molecule has 0 heterocycles. The maximum absolute atomic E-state index is 11.0. The van der Waals surface area contributed by atoms with Gasteiger partial charge in [-0.15, -0.1) is 0 Å². The molecule has 0 aliphatic rings. The third-order valence-corrected chi connectivity index (χ3v) is 2.61. The Morgan fingerprint density at radius 2 is 2.18 bits per heavy atom. The summed E-state index contributed by atoms with van der Waals surface area (Å²) >= 11 is 5.90. The predicted molar refractivity (Wildman–Crippen MR) is 68.5 cm³/mol. The van der Waals surface area contributed by atoms with Crippen LogP contribution in [0.3, 0.4) is 0 Å². The zero-order chi connectivity index (χ0) is 13.0. The van der Waals surface area contributed by atoms with Crippen molar-refractivity contribution in [1.29, 1.82) is 0 Å². The van der Waals surface area contributed by atoms with Crippen molar-refractivity contribution in [2.75, 3.05) is 11.4 Å². The van der Waals surface area contributed by atoms with Crippen LogP contribution in [0.2, 0.25) is 5.02 Å². The molecule has 92 valence electrons. The lowest BCUT2D eigenvalue weighted by molar-refractivity contribution is -0.116. The van der Waals surface area contributed by atoms with Crippen LogP contribution in [-0.2, 0) is 4.79 Å². The molecular formula is C12H15ClN2O2. The van der Waals surface area contributed by atoms with Crippen molar-refractivity contribution in [2.45, 2.75) is 19.9 Å². The number of halogens is 1. The van der Waals surface area contributed by atoms with Gasteiger partial charge >= 0.3 is 0 Å². The second kappa shape index (κ2) is 5.68. The lowest BCUT2D eigenvalue weighted by Gasteiger charge is -2.28. The van der Waals surface area contributed by atoms with Crippen LogP contribution in [0, 0.1) is 0 Å². The highest BCUT2D eigenvalue weighted by Gasteiger charge is 2.16. The average Bonchev–Trinajstić information content (AvgIpc) is 2.25. The topological polar surface area (TPSA) is 63.4 Å². The fraction of sp³-hybridized carbons (Fsp3) is 0.333. The highest BCUT2D eigenvalue weighted by Crippen LogP contribution is 2.25. The summed E-state index contributed by atoms with van der Waals surface area (Å²) in [6, 6.07) is 4.96. The van der Waals surface area contributed by atoms with Crippen molar-refractivity contribution in [3.8, 4) is 0 Å². The van der Waals surface area contributed by atoms with Crippen LogP contribution in [0.15, 0.2) is 18.2 Å². The van der Waals surface area contributed by atoms with E-state index in [1.165, 1.54) is 0 Å². The molecule has 0 atom stereocenters. The van der Waals surface area contributed by atoms with Crippen LogP contribution < -0.4 is 10.6 Å². The molecule has 0 unspecified atom stereocenters. The summed E-state index contributed by atoms with van der Waals surface area (Å²) in [7, 11) is 0. The summed E-state index contributed by atoms with van der Waals surface area (Å²) in [5.74, 6) is -0.449. The Labute approximate surface area is 105 Å². The van der Waals surface area contributed by atoms with Crippen LogP contribution in [0.1, 0.15) is 24.2 Å². The van der Waals surface area contributed by atoms with Crippen molar-refractivity contribution in [2.24, 2.45) is 5.73 Å². The van der Waals surface area contributed by atoms with E-state index in [2.05, 4.69) is 0 Å². The van der Waals surface area contributed by atoms with Gasteiger partial charge < -0.3 is 10.6 Å². The number of aldehydes is 1. The second-order valence-electron chi connectivity index (χ2n) is 4.01. The van der Waals surface area contributed by atoms with Gasteiger partial charge in [0.2, 0.25) is 5.91 Å². The smallest absolute Gasteiger partial charge is 0.236 e. The molecule has 0 fully saturated rings. The van der Waals surface area contributed by atoms with E-state index in [-0.39, 0.29) is 12.6 Å². The molecule has 4 nitrogen and oxygen atoms in total. The number of benzene rings is 1. The molecule has 17 heavy (non-hydrogen) atoms. The summed E-state index contributed by atoms with van der Waals surface area (Å²) in [4.78, 5) is 23.7. The maximum atomic E-state index is 11.0. The number of anilines is 1. The third-order valence-electron chi connectivity index (χ3n) is 2.38. The van der Waals surface area contributed by atoms with Gasteiger partial charge in [0, 0.05) is 22.3 Å². The molecule has 1 rings (SSSR count). The Hall–Kier alpha value is -1.55. The lowest BCUT2D eigenvalue weighted by atomic mass is 10.1. The molecule has 5 heteroatoms. The molecule has 0 aliphatic heterocycles. The third kappa shape index (κ3) is 3.46. The predicted octanol–water partition coefficient (Wildman–Crippen LogP) is 1.85. The van der Waals surface area contributed by atoms with E-state index < -0.39 is 5.91 Å². The number of rotatable bonds is 5. The molecule has 2 N–H and O–H groups in total. The number of hydrogen-bond donors (Lipinski definition) is 1. The number of carbonyl (C=O) groups excluding carboxylic acids is 2. The van der Waals surface area contributed by atoms with Crippen LogP contribution in [0.25, 0.3) is 0 Å². The van der Waals surface area contributed by atoms with Gasteiger partial charge in [-0.1, -0.05) is 11.6 Å². The van der Waals surface area contributed by atoms with Gasteiger partial charge in [-0.25, -0.2) is 0 Å². The first-order chi connectivity index (χ1) is 7.95. The van der Waals surface area contributed by atoms with Crippen LogP contribution in [0.5, 0.6) is 0 Å². The van der Waals surface area contributed by atoms with E-state index in [4.69, 9.17) is 17.3 Å². The highest BCUT2D eigenvalue weighted by atomic mass is 35.5. The minimum absolute atomic E-state index is 0.0414. The van der Waals surface area contributed by atoms with Gasteiger partial charge in [-0.2, -0.15) is 0 Å². The monoisotopic (exact) mass is 254 g/mol. The lowest BCUT2D eigenvalue weighted by Crippen LogP contribution is -2.39. The largest absolute Gasteiger partial charge is 0.368 e. The van der Waals surface area contributed by atoms with E-state index in [9.17, 15) is 9.59 Å². The molecule has 0 saturated heterocycles. The first-order valence-corrected chi connectivity index (χ1v) is 5.63. The number of carbonyl (C=O) groups is 2. The Balaban J connectivity index is 3.20. The summed E-state index contributed by atoms with van der Waals surface area (Å²) in [5.41, 5.74) is 6.31. The van der Waals surface area contributed by atoms with Crippen LogP contribution >= 0.6 is 11.6 Å². The minimum atomic E-state index is -0.449. The molecule has 0 aliphatic carbocycles. The normalized spacial score (nSPS) is 10.4. The molecule has 1 amide bonds. The van der Waals surface area contributed by atoms with E-state index >= 15 is 0 Å². The summed E-state index contributed by atoms with van der Waals surface area (Å²) in [5, 5.41) is 0.515. The van der Waals surface area contributed by atoms with Crippen molar-refractivity contribution in [3.63, 3.8) is 0 Å². The highest BCUT2D eigenvalue weighted by molar-refractivity contribution is 6.31. The maximum Gasteiger partial charge on any atom is 0.236 e. The van der Waals surface area contributed by atoms with Gasteiger partial charge in [0.05, 0.1) is 6.54 Å². The average molecular weight is 255 g/mol. The Bertz CT molecular complexity index is 433. The van der Waals surface area contributed by atoms with E-state index in [0.717, 1.165) is 6.29 Å². The SMILES string of the molecule is CC(C)N(CC(N)=O)c1cc(Cl)ccc1C=O. The van der Waals surface area contributed by atoms with Crippen molar-refractivity contribution in [1.82, 2.24) is 0 Å². The molecule has 0 spiro atoms. The van der Waals surface area contributed by atoms with E-state index in [1.807, 2.05) is 13.8 Å². The summed E-state index contributed by atoms with van der Waals surface area (Å²) in [6.07, 6.45) is 0.738. The Kier molecular flexibility index (Phi) is 4.52. The number of amides is 1. The number of nitrogens with two attached hydrogens (primary N) is 1. The van der Waals surface area contributed by atoms with Crippen molar-refractivity contribution < 1.29 is 9.59 Å². The fourth-order valence-electron chi connectivity index (χ4n) is 1.58. The van der Waals surface area contributed by atoms with Gasteiger partial charge in [0.1, 0.15) is 0 Å². The van der Waals surface area contributed by atoms with E-state index in [1.54, 1.807) is 23.1 Å². The van der Waals surface area contributed by atoms with Gasteiger partial charge in [-0.05, 0) is 32.0 Å². The van der Waals surface area contributed by atoms with E-state index in [0.29, 0.717) is 16.3 Å². The first kappa shape index (κ1) is 13.5. The Morgan fingerprint density at radius 3 is 2.65 bits per heavy atom. The first-order valence-electron chi connectivity index (χ1n) is 5.25. The van der Waals surface area contributed by atoms with Gasteiger partial charge in [0.25, 0.3) is 0 Å². The molecule has 1 aromatic carbocycles. The summed E-state index contributed by atoms with van der Waals surface area (Å²) < 4.78 is 0. The fourth-order valence-corrected chi connectivity index (χ4v) is 1.75. The van der Waals surface area contributed by atoms with Crippen molar-refractivity contribution in [3.05, 3.63) is 28.8 Å². The van der Waals surface area contributed by atoms with Gasteiger partial charge in [0.15, 0.2) is 6.29 Å². The van der Waals surface area contributed by atoms with Crippen LogP contribution in [-0.4, -0.2) is 24.8 Å². The molecule has 0 radical (unpaired) electrons. The number of hydrogen-bond acceptors (Lipinski definition) is 3.